The van der Waals surface area contributed by atoms with Gasteiger partial charge in [0.25, 0.3) is 0 Å². The average molecular weight is 355 g/mol. The third-order valence-electron chi connectivity index (χ3n) is 4.31. The monoisotopic (exact) mass is 355 g/mol. The Bertz CT molecular complexity index is 729. The Morgan fingerprint density at radius 2 is 2.12 bits per heavy atom. The molecule has 0 radical (unpaired) electrons. The second-order valence-corrected chi connectivity index (χ2v) is 9.50. The number of aliphatic imine (C=N–C) groups is 1. The quantitative estimate of drug-likeness (QED) is 0.666. The number of rotatable bonds is 3. The Hall–Kier alpha value is -1.63. The number of hydrogen-bond acceptors (Lipinski definition) is 3. The summed E-state index contributed by atoms with van der Waals surface area (Å²) in [7, 11) is -3.09. The zero-order valence-electron chi connectivity index (χ0n) is 14.8. The first-order chi connectivity index (χ1) is 11.2. The summed E-state index contributed by atoms with van der Waals surface area (Å²) in [6, 6.07) is 4.96. The highest BCUT2D eigenvalue weighted by Gasteiger charge is 2.40. The molecule has 0 bridgehead atoms. The van der Waals surface area contributed by atoms with Gasteiger partial charge < -0.3 is 10.2 Å². The van der Waals surface area contributed by atoms with E-state index in [1.54, 1.807) is 32.9 Å². The summed E-state index contributed by atoms with van der Waals surface area (Å²) in [5, 5.41) is 3.22. The van der Waals surface area contributed by atoms with Crippen LogP contribution in [0, 0.1) is 12.7 Å². The summed E-state index contributed by atoms with van der Waals surface area (Å²) in [6.07, 6.45) is 0. The molecule has 1 heterocycles. The van der Waals surface area contributed by atoms with E-state index in [9.17, 15) is 12.8 Å². The van der Waals surface area contributed by atoms with Crippen molar-refractivity contribution >= 4 is 15.8 Å². The predicted octanol–water partition coefficient (Wildman–Crippen LogP) is 2.11. The van der Waals surface area contributed by atoms with Crippen molar-refractivity contribution in [3.05, 3.63) is 35.1 Å². The van der Waals surface area contributed by atoms with Crippen LogP contribution in [0.1, 0.15) is 31.9 Å². The van der Waals surface area contributed by atoms with Crippen molar-refractivity contribution < 1.29 is 12.8 Å². The van der Waals surface area contributed by atoms with Crippen LogP contribution in [0.3, 0.4) is 0 Å². The smallest absolute Gasteiger partial charge is 0.194 e. The molecule has 0 aromatic heterocycles. The molecule has 0 unspecified atom stereocenters. The van der Waals surface area contributed by atoms with Crippen molar-refractivity contribution in [1.82, 2.24) is 10.2 Å². The molecular weight excluding hydrogens is 329 g/mol. The lowest BCUT2D eigenvalue weighted by Crippen LogP contribution is -2.57. The van der Waals surface area contributed by atoms with E-state index < -0.39 is 14.6 Å². The van der Waals surface area contributed by atoms with Gasteiger partial charge in [0.15, 0.2) is 15.8 Å². The normalized spacial score (nSPS) is 20.0. The highest BCUT2D eigenvalue weighted by Crippen LogP contribution is 2.23. The lowest BCUT2D eigenvalue weighted by atomic mass is 10.1. The van der Waals surface area contributed by atoms with Crippen molar-refractivity contribution in [3.63, 3.8) is 0 Å². The molecule has 1 aromatic carbocycles. The van der Waals surface area contributed by atoms with Gasteiger partial charge in [-0.05, 0) is 44.9 Å². The van der Waals surface area contributed by atoms with Crippen molar-refractivity contribution in [2.24, 2.45) is 4.99 Å². The topological polar surface area (TPSA) is 61.8 Å². The first kappa shape index (κ1) is 18.7. The SMILES string of the molecule is CCNC(=NCc1ccc(F)c(C)c1)N1CCS(=O)(=O)C(C)(C)C1. The molecule has 0 aliphatic carbocycles. The second kappa shape index (κ2) is 7.09. The van der Waals surface area contributed by atoms with Crippen molar-refractivity contribution in [3.8, 4) is 0 Å². The summed E-state index contributed by atoms with van der Waals surface area (Å²) in [4.78, 5) is 6.59. The summed E-state index contributed by atoms with van der Waals surface area (Å²) >= 11 is 0. The molecule has 24 heavy (non-hydrogen) atoms. The summed E-state index contributed by atoms with van der Waals surface area (Å²) in [6.45, 7) is 9.17. The van der Waals surface area contributed by atoms with E-state index in [4.69, 9.17) is 0 Å². The lowest BCUT2D eigenvalue weighted by molar-refractivity contribution is 0.353. The third-order valence-corrected chi connectivity index (χ3v) is 6.84. The van der Waals surface area contributed by atoms with Gasteiger partial charge in [-0.2, -0.15) is 0 Å². The van der Waals surface area contributed by atoms with Gasteiger partial charge >= 0.3 is 0 Å². The van der Waals surface area contributed by atoms with Gasteiger partial charge in [-0.25, -0.2) is 17.8 Å². The molecule has 1 aliphatic heterocycles. The number of nitrogens with zero attached hydrogens (tertiary/aromatic N) is 2. The zero-order valence-corrected chi connectivity index (χ0v) is 15.6. The molecule has 5 nitrogen and oxygen atoms in total. The van der Waals surface area contributed by atoms with Gasteiger partial charge in [0.1, 0.15) is 5.82 Å². The number of nitrogens with one attached hydrogen (secondary N) is 1. The fourth-order valence-corrected chi connectivity index (χ4v) is 4.09. The zero-order chi connectivity index (χ0) is 18.0. The molecule has 1 aliphatic rings. The molecule has 7 heteroatoms. The Morgan fingerprint density at radius 3 is 2.71 bits per heavy atom. The highest BCUT2D eigenvalue weighted by molar-refractivity contribution is 7.92. The number of halogens is 1. The van der Waals surface area contributed by atoms with Crippen LogP contribution in [-0.2, 0) is 16.4 Å². The maximum absolute atomic E-state index is 13.4. The number of sulfone groups is 1. The van der Waals surface area contributed by atoms with Crippen LogP contribution in [0.5, 0.6) is 0 Å². The molecular formula is C17H26FN3O2S. The average Bonchev–Trinajstić information content (AvgIpc) is 2.50. The number of aryl methyl sites for hydroxylation is 1. The van der Waals surface area contributed by atoms with Crippen molar-refractivity contribution in [2.75, 3.05) is 25.4 Å². The fourth-order valence-electron chi connectivity index (χ4n) is 2.72. The minimum atomic E-state index is -3.09. The Balaban J connectivity index is 2.18. The van der Waals surface area contributed by atoms with E-state index in [2.05, 4.69) is 10.3 Å². The van der Waals surface area contributed by atoms with Gasteiger partial charge in [-0.1, -0.05) is 12.1 Å². The van der Waals surface area contributed by atoms with E-state index in [1.165, 1.54) is 6.07 Å². The van der Waals surface area contributed by atoms with E-state index in [1.807, 2.05) is 11.8 Å². The molecule has 0 spiro atoms. The van der Waals surface area contributed by atoms with E-state index in [-0.39, 0.29) is 11.6 Å². The number of hydrogen-bond donors (Lipinski definition) is 1. The van der Waals surface area contributed by atoms with Gasteiger partial charge in [0, 0.05) is 19.6 Å². The minimum Gasteiger partial charge on any atom is -0.357 e. The highest BCUT2D eigenvalue weighted by atomic mass is 32.2. The van der Waals surface area contributed by atoms with Crippen LogP contribution in [0.4, 0.5) is 4.39 Å². The van der Waals surface area contributed by atoms with Gasteiger partial charge in [0.05, 0.1) is 17.0 Å². The van der Waals surface area contributed by atoms with Crippen LogP contribution >= 0.6 is 0 Å². The van der Waals surface area contributed by atoms with Gasteiger partial charge in [-0.15, -0.1) is 0 Å². The molecule has 0 atom stereocenters. The van der Waals surface area contributed by atoms with E-state index >= 15 is 0 Å². The number of benzene rings is 1. The summed E-state index contributed by atoms with van der Waals surface area (Å²) in [5.74, 6) is 0.597. The summed E-state index contributed by atoms with van der Waals surface area (Å²) in [5.41, 5.74) is 1.52. The van der Waals surface area contributed by atoms with Crippen LogP contribution in [0.2, 0.25) is 0 Å². The van der Waals surface area contributed by atoms with Crippen LogP contribution in [0.25, 0.3) is 0 Å². The van der Waals surface area contributed by atoms with Crippen molar-refractivity contribution in [1.29, 1.82) is 0 Å². The first-order valence-corrected chi connectivity index (χ1v) is 9.82. The fraction of sp³-hybridized carbons (Fsp3) is 0.588. The standard InChI is InChI=1S/C17H26FN3O2S/c1-5-19-16(20-11-14-6-7-15(18)13(2)10-14)21-8-9-24(22,23)17(3,4)12-21/h6-7,10H,5,8-9,11-12H2,1-4H3,(H,19,20). The van der Waals surface area contributed by atoms with Gasteiger partial charge in [-0.3, -0.25) is 0 Å². The Labute approximate surface area is 143 Å². The third kappa shape index (κ3) is 4.06. The van der Waals surface area contributed by atoms with E-state index in [0.717, 1.165) is 5.56 Å². The lowest BCUT2D eigenvalue weighted by Gasteiger charge is -2.39. The first-order valence-electron chi connectivity index (χ1n) is 8.17. The molecule has 1 fully saturated rings. The molecule has 0 saturated carbocycles. The molecule has 134 valence electrons. The Morgan fingerprint density at radius 1 is 1.42 bits per heavy atom. The molecule has 1 saturated heterocycles. The summed E-state index contributed by atoms with van der Waals surface area (Å²) < 4.78 is 36.9. The molecule has 2 rings (SSSR count). The molecule has 1 aromatic rings. The maximum atomic E-state index is 13.4. The minimum absolute atomic E-state index is 0.125. The van der Waals surface area contributed by atoms with Crippen LogP contribution in [0.15, 0.2) is 23.2 Å². The van der Waals surface area contributed by atoms with Gasteiger partial charge in [0.2, 0.25) is 0 Å². The largest absolute Gasteiger partial charge is 0.357 e. The molecule has 1 N–H and O–H groups in total. The maximum Gasteiger partial charge on any atom is 0.194 e. The Kier molecular flexibility index (Phi) is 5.52. The van der Waals surface area contributed by atoms with Crippen molar-refractivity contribution in [2.45, 2.75) is 39.0 Å². The number of guanidine groups is 1. The van der Waals surface area contributed by atoms with Crippen LogP contribution < -0.4 is 5.32 Å². The second-order valence-electron chi connectivity index (χ2n) is 6.75. The van der Waals surface area contributed by atoms with E-state index in [0.29, 0.717) is 37.7 Å². The predicted molar refractivity (Wildman–Crippen MR) is 95.4 cm³/mol. The molecule has 0 amide bonds. The van der Waals surface area contributed by atoms with Crippen LogP contribution in [-0.4, -0.2) is 49.4 Å².